The Morgan fingerprint density at radius 3 is 2.60 bits per heavy atom. The number of hydrogen-bond donors (Lipinski definition) is 0. The molecule has 0 unspecified atom stereocenters. The Labute approximate surface area is 89.2 Å². The van der Waals surface area contributed by atoms with Gasteiger partial charge < -0.3 is 4.74 Å². The van der Waals surface area contributed by atoms with Crippen molar-refractivity contribution in [2.45, 2.75) is 31.3 Å². The Kier molecular flexibility index (Phi) is 1.70. The maximum Gasteiger partial charge on any atom is 0.317 e. The third-order valence-electron chi connectivity index (χ3n) is 4.07. The van der Waals surface area contributed by atoms with Crippen LogP contribution in [0.15, 0.2) is 30.3 Å². The molecule has 3 atom stereocenters. The van der Waals surface area contributed by atoms with Crippen molar-refractivity contribution in [2.24, 2.45) is 5.92 Å². The van der Waals surface area contributed by atoms with E-state index in [1.165, 1.54) is 0 Å². The van der Waals surface area contributed by atoms with Crippen LogP contribution in [0.25, 0.3) is 0 Å². The summed E-state index contributed by atoms with van der Waals surface area (Å²) in [6, 6.07) is 10.1. The minimum Gasteiger partial charge on any atom is -0.461 e. The highest BCUT2D eigenvalue weighted by atomic mass is 16.6. The first kappa shape index (κ1) is 8.96. The van der Waals surface area contributed by atoms with Crippen LogP contribution in [-0.2, 0) is 14.9 Å². The van der Waals surface area contributed by atoms with Crippen molar-refractivity contribution in [3.05, 3.63) is 35.9 Å². The molecule has 1 aliphatic heterocycles. The minimum absolute atomic E-state index is 0.0162. The normalized spacial score (nSPS) is 38.1. The van der Waals surface area contributed by atoms with E-state index in [0.29, 0.717) is 5.92 Å². The molecule has 1 saturated heterocycles. The van der Waals surface area contributed by atoms with Gasteiger partial charge >= 0.3 is 5.97 Å². The first-order chi connectivity index (χ1) is 7.25. The monoisotopic (exact) mass is 202 g/mol. The lowest BCUT2D eigenvalue weighted by atomic mass is 9.74. The highest BCUT2D eigenvalue weighted by Crippen LogP contribution is 2.52. The summed E-state index contributed by atoms with van der Waals surface area (Å²) in [5.74, 6) is 0.310. The molecule has 1 saturated carbocycles. The third-order valence-corrected chi connectivity index (χ3v) is 4.07. The number of carbonyl (C=O) groups is 1. The molecule has 1 aromatic carbocycles. The van der Waals surface area contributed by atoms with Gasteiger partial charge in [0.2, 0.25) is 0 Å². The summed E-state index contributed by atoms with van der Waals surface area (Å²) in [6.45, 7) is 2.13. The fourth-order valence-electron chi connectivity index (χ4n) is 3.12. The minimum atomic E-state index is -0.341. The van der Waals surface area contributed by atoms with Gasteiger partial charge in [0.1, 0.15) is 6.10 Å². The van der Waals surface area contributed by atoms with Crippen molar-refractivity contribution in [1.82, 2.24) is 0 Å². The smallest absolute Gasteiger partial charge is 0.317 e. The molecular weight excluding hydrogens is 188 g/mol. The lowest BCUT2D eigenvalue weighted by Gasteiger charge is -2.26. The summed E-state index contributed by atoms with van der Waals surface area (Å²) >= 11 is 0. The molecule has 15 heavy (non-hydrogen) atoms. The lowest BCUT2D eigenvalue weighted by molar-refractivity contribution is -0.149. The molecule has 3 rings (SSSR count). The van der Waals surface area contributed by atoms with E-state index in [1.807, 2.05) is 30.3 Å². The van der Waals surface area contributed by atoms with Crippen LogP contribution in [0.4, 0.5) is 0 Å². The first-order valence-corrected chi connectivity index (χ1v) is 5.52. The van der Waals surface area contributed by atoms with Crippen molar-refractivity contribution in [2.75, 3.05) is 0 Å². The van der Waals surface area contributed by atoms with Gasteiger partial charge in [0.05, 0.1) is 5.41 Å². The molecule has 2 aliphatic rings. The van der Waals surface area contributed by atoms with Gasteiger partial charge in [-0.05, 0) is 18.4 Å². The molecule has 0 radical (unpaired) electrons. The van der Waals surface area contributed by atoms with E-state index >= 15 is 0 Å². The van der Waals surface area contributed by atoms with Crippen molar-refractivity contribution in [1.29, 1.82) is 0 Å². The van der Waals surface area contributed by atoms with E-state index < -0.39 is 0 Å². The zero-order chi connectivity index (χ0) is 10.5. The van der Waals surface area contributed by atoms with Crippen LogP contribution < -0.4 is 0 Å². The molecule has 2 fully saturated rings. The molecule has 0 spiro atoms. The number of esters is 1. The van der Waals surface area contributed by atoms with E-state index in [-0.39, 0.29) is 17.5 Å². The number of rotatable bonds is 1. The average molecular weight is 202 g/mol. The molecule has 78 valence electrons. The Balaban J connectivity index is 2.13. The number of fused-ring (bicyclic) bond motifs is 2. The molecule has 1 heterocycles. The van der Waals surface area contributed by atoms with Crippen LogP contribution in [0.2, 0.25) is 0 Å². The van der Waals surface area contributed by atoms with Crippen molar-refractivity contribution in [3.63, 3.8) is 0 Å². The Bertz CT molecular complexity index is 398. The molecule has 2 bridgehead atoms. The second kappa shape index (κ2) is 2.84. The predicted octanol–water partition coefficient (Wildman–Crippen LogP) is 2.28. The number of hydrogen-bond acceptors (Lipinski definition) is 2. The van der Waals surface area contributed by atoms with E-state index in [4.69, 9.17) is 4.74 Å². The van der Waals surface area contributed by atoms with Crippen LogP contribution in [-0.4, -0.2) is 12.1 Å². The maximum absolute atomic E-state index is 11.9. The van der Waals surface area contributed by atoms with Gasteiger partial charge in [-0.2, -0.15) is 0 Å². The predicted molar refractivity (Wildman–Crippen MR) is 56.4 cm³/mol. The summed E-state index contributed by atoms with van der Waals surface area (Å²) in [5, 5.41) is 0. The van der Waals surface area contributed by atoms with E-state index in [0.717, 1.165) is 18.4 Å². The highest BCUT2D eigenvalue weighted by molar-refractivity contribution is 5.87. The molecule has 1 aromatic rings. The molecular formula is C13H14O2. The maximum atomic E-state index is 11.9. The second-order valence-electron chi connectivity index (χ2n) is 4.61. The van der Waals surface area contributed by atoms with E-state index in [2.05, 4.69) is 6.92 Å². The van der Waals surface area contributed by atoms with Gasteiger partial charge in [-0.25, -0.2) is 0 Å². The first-order valence-electron chi connectivity index (χ1n) is 5.52. The quantitative estimate of drug-likeness (QED) is 0.653. The zero-order valence-corrected chi connectivity index (χ0v) is 8.77. The molecule has 1 aliphatic carbocycles. The topological polar surface area (TPSA) is 26.3 Å². The fourth-order valence-corrected chi connectivity index (χ4v) is 3.12. The SMILES string of the molecule is C[C@@H]1[C@H]2CC[C@]1(c1ccccc1)C(=O)O2. The Morgan fingerprint density at radius 2 is 2.07 bits per heavy atom. The zero-order valence-electron chi connectivity index (χ0n) is 8.77. The summed E-state index contributed by atoms with van der Waals surface area (Å²) in [5.41, 5.74) is 0.786. The van der Waals surface area contributed by atoms with Gasteiger partial charge in [0.15, 0.2) is 0 Å². The Morgan fingerprint density at radius 1 is 1.33 bits per heavy atom. The van der Waals surface area contributed by atoms with Crippen molar-refractivity contribution < 1.29 is 9.53 Å². The van der Waals surface area contributed by atoms with Crippen LogP contribution in [0.1, 0.15) is 25.3 Å². The molecule has 2 heteroatoms. The average Bonchev–Trinajstić information content (AvgIpc) is 2.71. The van der Waals surface area contributed by atoms with E-state index in [9.17, 15) is 4.79 Å². The molecule has 0 N–H and O–H groups in total. The number of benzene rings is 1. The van der Waals surface area contributed by atoms with Crippen molar-refractivity contribution in [3.8, 4) is 0 Å². The second-order valence-corrected chi connectivity index (χ2v) is 4.61. The van der Waals surface area contributed by atoms with Crippen LogP contribution >= 0.6 is 0 Å². The molecule has 0 amide bonds. The lowest BCUT2D eigenvalue weighted by Crippen LogP contribution is -2.34. The van der Waals surface area contributed by atoms with Gasteiger partial charge in [-0.3, -0.25) is 4.79 Å². The van der Waals surface area contributed by atoms with Gasteiger partial charge in [-0.1, -0.05) is 37.3 Å². The van der Waals surface area contributed by atoms with Gasteiger partial charge in [0.25, 0.3) is 0 Å². The standard InChI is InChI=1S/C13H14O2/c1-9-11-7-8-13(9,12(14)15-11)10-5-3-2-4-6-10/h2-6,9,11H,7-8H2,1H3/t9-,11-,13+/m1/s1. The van der Waals surface area contributed by atoms with Crippen molar-refractivity contribution >= 4 is 5.97 Å². The fraction of sp³-hybridized carbons (Fsp3) is 0.462. The summed E-state index contributed by atoms with van der Waals surface area (Å²) < 4.78 is 5.39. The van der Waals surface area contributed by atoms with Crippen LogP contribution in [0.3, 0.4) is 0 Å². The number of carbonyl (C=O) groups excluding carboxylic acids is 1. The summed E-state index contributed by atoms with van der Waals surface area (Å²) in [4.78, 5) is 11.9. The largest absolute Gasteiger partial charge is 0.461 e. The third kappa shape index (κ3) is 0.969. The summed E-state index contributed by atoms with van der Waals surface area (Å²) in [6.07, 6.45) is 2.11. The summed E-state index contributed by atoms with van der Waals surface area (Å²) in [7, 11) is 0. The Hall–Kier alpha value is -1.31. The van der Waals surface area contributed by atoms with Gasteiger partial charge in [-0.15, -0.1) is 0 Å². The molecule has 2 nitrogen and oxygen atoms in total. The highest BCUT2D eigenvalue weighted by Gasteiger charge is 2.60. The van der Waals surface area contributed by atoms with Crippen LogP contribution in [0.5, 0.6) is 0 Å². The van der Waals surface area contributed by atoms with E-state index in [1.54, 1.807) is 0 Å². The van der Waals surface area contributed by atoms with Crippen LogP contribution in [0, 0.1) is 5.92 Å². The number of ether oxygens (including phenoxy) is 1. The molecule has 0 aromatic heterocycles. The van der Waals surface area contributed by atoms with Gasteiger partial charge in [0, 0.05) is 5.92 Å².